The third-order valence-corrected chi connectivity index (χ3v) is 12.8. The maximum absolute atomic E-state index is 5.33. The van der Waals surface area contributed by atoms with Crippen molar-refractivity contribution < 1.29 is 0 Å². The molecule has 1 unspecified atom stereocenters. The number of anilines is 1. The van der Waals surface area contributed by atoms with Gasteiger partial charge >= 0.3 is 0 Å². The lowest BCUT2D eigenvalue weighted by molar-refractivity contribution is 0.833. The number of thiophene rings is 2. The van der Waals surface area contributed by atoms with E-state index in [0.29, 0.717) is 17.5 Å². The fourth-order valence-corrected chi connectivity index (χ4v) is 10.2. The molecule has 264 valence electrons. The first-order valence-corrected chi connectivity index (χ1v) is 20.2. The van der Waals surface area contributed by atoms with Gasteiger partial charge in [-0.05, 0) is 28.8 Å². The number of nitrogens with zero attached hydrogens (tertiary/aromatic N) is 4. The van der Waals surface area contributed by atoms with E-state index in [2.05, 4.69) is 121 Å². The van der Waals surface area contributed by atoms with Gasteiger partial charge in [-0.25, -0.2) is 15.0 Å². The summed E-state index contributed by atoms with van der Waals surface area (Å²) in [6.45, 7) is 0. The Morgan fingerprint density at radius 2 is 1.00 bits per heavy atom. The monoisotopic (exact) mass is 753 g/mol. The first-order chi connectivity index (χ1) is 27.7. The second kappa shape index (κ2) is 13.5. The van der Waals surface area contributed by atoms with Gasteiger partial charge in [-0.2, -0.15) is 0 Å². The Bertz CT molecular complexity index is 3040. The molecule has 1 aliphatic rings. The van der Waals surface area contributed by atoms with Gasteiger partial charge in [0, 0.05) is 52.5 Å². The molecule has 0 saturated heterocycles. The molecule has 7 aromatic carbocycles. The van der Waals surface area contributed by atoms with E-state index in [1.165, 1.54) is 35.3 Å². The van der Waals surface area contributed by atoms with Crippen molar-refractivity contribution in [1.82, 2.24) is 15.0 Å². The van der Waals surface area contributed by atoms with Gasteiger partial charge in [0.25, 0.3) is 0 Å². The molecule has 56 heavy (non-hydrogen) atoms. The minimum atomic E-state index is -0.214. The number of rotatable bonds is 6. The smallest absolute Gasteiger partial charge is 0.164 e. The van der Waals surface area contributed by atoms with Crippen molar-refractivity contribution in [2.24, 2.45) is 4.99 Å². The lowest BCUT2D eigenvalue weighted by Crippen LogP contribution is -2.19. The average Bonchev–Trinajstić information content (AvgIpc) is 3.86. The summed E-state index contributed by atoms with van der Waals surface area (Å²) in [5, 5.41) is 7.38. The van der Waals surface area contributed by atoms with Crippen LogP contribution < -0.4 is 5.32 Å². The molecule has 3 aromatic heterocycles. The highest BCUT2D eigenvalue weighted by molar-refractivity contribution is 7.26. The van der Waals surface area contributed by atoms with Crippen LogP contribution in [0.4, 0.5) is 5.69 Å². The fraction of sp³-hybridized carbons (Fsp3) is 0.0204. The summed E-state index contributed by atoms with van der Waals surface area (Å²) in [6.07, 6.45) is -0.214. The molecule has 0 fully saturated rings. The van der Waals surface area contributed by atoms with Gasteiger partial charge in [0.1, 0.15) is 6.17 Å². The maximum atomic E-state index is 5.33. The van der Waals surface area contributed by atoms with Crippen LogP contribution in [0.25, 0.3) is 75.5 Å². The number of aromatic nitrogens is 3. The van der Waals surface area contributed by atoms with E-state index in [4.69, 9.17) is 19.9 Å². The Morgan fingerprint density at radius 3 is 1.71 bits per heavy atom. The van der Waals surface area contributed by atoms with Crippen LogP contribution in [0.2, 0.25) is 0 Å². The van der Waals surface area contributed by atoms with Gasteiger partial charge in [-0.1, -0.05) is 164 Å². The average molecular weight is 754 g/mol. The van der Waals surface area contributed by atoms with Crippen molar-refractivity contribution in [1.29, 1.82) is 0 Å². The molecule has 7 heteroatoms. The van der Waals surface area contributed by atoms with E-state index < -0.39 is 0 Å². The third kappa shape index (κ3) is 5.59. The lowest BCUT2D eigenvalue weighted by atomic mass is 9.98. The molecule has 0 spiro atoms. The number of hydrogen-bond donors (Lipinski definition) is 1. The van der Waals surface area contributed by atoms with Gasteiger partial charge in [-0.15, -0.1) is 22.7 Å². The summed E-state index contributed by atoms with van der Waals surface area (Å²) in [4.78, 5) is 21.6. The molecule has 0 radical (unpaired) electrons. The van der Waals surface area contributed by atoms with Crippen LogP contribution in [-0.2, 0) is 0 Å². The van der Waals surface area contributed by atoms with E-state index in [0.717, 1.165) is 50.2 Å². The second-order valence-corrected chi connectivity index (χ2v) is 15.9. The number of hydrogen-bond acceptors (Lipinski definition) is 7. The summed E-state index contributed by atoms with van der Waals surface area (Å²) in [5.41, 5.74) is 9.70. The van der Waals surface area contributed by atoms with Gasteiger partial charge in [0.05, 0.1) is 16.3 Å². The predicted octanol–water partition coefficient (Wildman–Crippen LogP) is 13.1. The molecule has 5 nitrogen and oxygen atoms in total. The molecular weight excluding hydrogens is 723 g/mol. The van der Waals surface area contributed by atoms with Crippen molar-refractivity contribution >= 4 is 64.3 Å². The molecule has 0 aliphatic carbocycles. The van der Waals surface area contributed by atoms with Crippen LogP contribution in [-0.4, -0.2) is 20.7 Å². The van der Waals surface area contributed by atoms with E-state index in [-0.39, 0.29) is 6.17 Å². The molecular formula is C49H31N5S2. The van der Waals surface area contributed by atoms with E-state index in [1.807, 2.05) is 72.0 Å². The maximum Gasteiger partial charge on any atom is 0.164 e. The quantitative estimate of drug-likeness (QED) is 0.184. The topological polar surface area (TPSA) is 63.1 Å². The first-order valence-electron chi connectivity index (χ1n) is 18.6. The summed E-state index contributed by atoms with van der Waals surface area (Å²) in [6, 6.07) is 61.4. The molecule has 0 amide bonds. The third-order valence-electron chi connectivity index (χ3n) is 10.4. The molecule has 4 heterocycles. The number of nitrogens with one attached hydrogen (secondary N) is 1. The largest absolute Gasteiger partial charge is 0.358 e. The summed E-state index contributed by atoms with van der Waals surface area (Å²) >= 11 is 3.61. The van der Waals surface area contributed by atoms with Crippen LogP contribution >= 0.6 is 22.7 Å². The van der Waals surface area contributed by atoms with Gasteiger partial charge < -0.3 is 5.32 Å². The lowest BCUT2D eigenvalue weighted by Gasteiger charge is -2.24. The van der Waals surface area contributed by atoms with Crippen LogP contribution in [0.5, 0.6) is 0 Å². The highest BCUT2D eigenvalue weighted by Gasteiger charge is 2.27. The highest BCUT2D eigenvalue weighted by atomic mass is 32.1. The van der Waals surface area contributed by atoms with E-state index in [1.54, 1.807) is 11.3 Å². The van der Waals surface area contributed by atoms with Crippen LogP contribution in [0.15, 0.2) is 181 Å². The Morgan fingerprint density at radius 1 is 0.429 bits per heavy atom. The summed E-state index contributed by atoms with van der Waals surface area (Å²) in [5.74, 6) is 1.97. The minimum absolute atomic E-state index is 0.214. The van der Waals surface area contributed by atoms with Crippen molar-refractivity contribution in [3.05, 3.63) is 192 Å². The van der Waals surface area contributed by atoms with Gasteiger partial charge in [0.2, 0.25) is 0 Å². The molecule has 1 aliphatic heterocycles. The minimum Gasteiger partial charge on any atom is -0.358 e. The van der Waals surface area contributed by atoms with Crippen molar-refractivity contribution in [3.8, 4) is 45.3 Å². The zero-order valence-electron chi connectivity index (χ0n) is 29.9. The van der Waals surface area contributed by atoms with E-state index >= 15 is 0 Å². The van der Waals surface area contributed by atoms with Crippen LogP contribution in [0, 0.1) is 0 Å². The van der Waals surface area contributed by atoms with Crippen molar-refractivity contribution in [2.75, 3.05) is 5.32 Å². The summed E-state index contributed by atoms with van der Waals surface area (Å²) < 4.78 is 3.68. The number of aliphatic imine (C=N–C) groups is 1. The second-order valence-electron chi connectivity index (χ2n) is 13.8. The molecule has 0 bridgehead atoms. The zero-order chi connectivity index (χ0) is 37.0. The molecule has 0 saturated carbocycles. The molecule has 10 aromatic rings. The van der Waals surface area contributed by atoms with Gasteiger partial charge in [0.15, 0.2) is 17.5 Å². The van der Waals surface area contributed by atoms with Crippen LogP contribution in [0.3, 0.4) is 0 Å². The van der Waals surface area contributed by atoms with Gasteiger partial charge in [-0.3, -0.25) is 4.99 Å². The Hall–Kier alpha value is -6.80. The number of fused-ring (bicyclic) bond motifs is 6. The Kier molecular flexibility index (Phi) is 7.86. The Balaban J connectivity index is 1.00. The molecule has 1 N–H and O–H groups in total. The summed E-state index contributed by atoms with van der Waals surface area (Å²) in [7, 11) is 0. The highest BCUT2D eigenvalue weighted by Crippen LogP contribution is 2.45. The number of benzene rings is 7. The first kappa shape index (κ1) is 32.6. The molecule has 11 rings (SSSR count). The SMILES string of the molecule is c1ccc(C2=NC(c3ccc(-c4cccc5c4sc4cccc(-c6nc(-c7ccccc7)nc(-c7ccccc7)n6)c45)cc3)Nc3c2sc2ccccc32)cc1. The van der Waals surface area contributed by atoms with Crippen molar-refractivity contribution in [3.63, 3.8) is 0 Å². The molecule has 1 atom stereocenters. The van der Waals surface area contributed by atoms with E-state index in [9.17, 15) is 0 Å². The standard InChI is InChI=1S/C49H31N5S2/c1-4-14-31(15-5-1)42-45-43(36-20-10-11-24-39(36)55-45)51-46(50-42)34-28-26-30(27-29-34)35-21-12-22-37-41-38(23-13-25-40(41)56-44(35)37)49-53-47(32-16-6-2-7-17-32)52-48(54-49)33-18-8-3-9-19-33/h1-29,46,51H. The Labute approximate surface area is 331 Å². The zero-order valence-corrected chi connectivity index (χ0v) is 31.6. The fourth-order valence-electron chi connectivity index (χ4n) is 7.71. The van der Waals surface area contributed by atoms with Crippen molar-refractivity contribution in [2.45, 2.75) is 6.17 Å². The van der Waals surface area contributed by atoms with Crippen LogP contribution in [0.1, 0.15) is 22.2 Å². The normalized spacial score (nSPS) is 13.8. The predicted molar refractivity (Wildman–Crippen MR) is 235 cm³/mol.